The lowest BCUT2D eigenvalue weighted by Gasteiger charge is -2.32. The van der Waals surface area contributed by atoms with Gasteiger partial charge in [0.05, 0.1) is 0 Å². The molecule has 3 N–H and O–H groups in total. The molecule has 1 aliphatic heterocycles. The van der Waals surface area contributed by atoms with Crippen LogP contribution in [0.1, 0.15) is 34.6 Å². The average molecular weight is 349 g/mol. The van der Waals surface area contributed by atoms with E-state index >= 15 is 0 Å². The van der Waals surface area contributed by atoms with Gasteiger partial charge in [-0.1, -0.05) is 12.1 Å². The number of nitrogens with zero attached hydrogens (tertiary/aromatic N) is 3. The molecule has 1 unspecified atom stereocenters. The molecule has 3 heterocycles. The van der Waals surface area contributed by atoms with Gasteiger partial charge in [0, 0.05) is 30.5 Å². The van der Waals surface area contributed by atoms with Crippen molar-refractivity contribution in [2.24, 2.45) is 11.7 Å². The van der Waals surface area contributed by atoms with Crippen molar-refractivity contribution >= 4 is 16.8 Å². The number of hydrogen-bond acceptors (Lipinski definition) is 4. The van der Waals surface area contributed by atoms with Crippen LogP contribution in [-0.2, 0) is 13.0 Å². The van der Waals surface area contributed by atoms with E-state index in [1.807, 2.05) is 6.20 Å². The topological polar surface area (TPSA) is 87.9 Å². The zero-order valence-electron chi connectivity index (χ0n) is 14.7. The molecule has 3 aromatic rings. The van der Waals surface area contributed by atoms with Crippen molar-refractivity contribution in [1.82, 2.24) is 19.9 Å². The molecule has 1 fully saturated rings. The number of fused-ring (bicyclic) bond motifs is 1. The Hall–Kier alpha value is -2.73. The van der Waals surface area contributed by atoms with Gasteiger partial charge < -0.3 is 10.7 Å². The molecule has 0 spiro atoms. The minimum Gasteiger partial charge on any atom is -0.364 e. The number of nitrogens with two attached hydrogens (primary N) is 1. The number of piperidine rings is 1. The summed E-state index contributed by atoms with van der Waals surface area (Å²) in [5.41, 5.74) is 9.03. The fourth-order valence-corrected chi connectivity index (χ4v) is 3.85. The lowest BCUT2D eigenvalue weighted by atomic mass is 9.92. The van der Waals surface area contributed by atoms with Crippen LogP contribution in [0.4, 0.5) is 0 Å². The normalized spacial score (nSPS) is 18.2. The monoisotopic (exact) mass is 349 g/mol. The maximum Gasteiger partial charge on any atom is 0.267 e. The molecule has 1 atom stereocenters. The van der Waals surface area contributed by atoms with E-state index in [4.69, 9.17) is 5.73 Å². The Morgan fingerprint density at radius 1 is 1.27 bits per heavy atom. The number of primary amides is 1. The summed E-state index contributed by atoms with van der Waals surface area (Å²) in [6.07, 6.45) is 6.63. The van der Waals surface area contributed by atoms with E-state index in [-0.39, 0.29) is 0 Å². The highest BCUT2D eigenvalue weighted by molar-refractivity contribution is 5.90. The zero-order chi connectivity index (χ0) is 17.9. The SMILES string of the molecule is NC(=O)c1cc(CC2CCCN(Cc3ccc4cc[nH]c4c3)C2)ncn1. The van der Waals surface area contributed by atoms with Gasteiger partial charge in [0.25, 0.3) is 5.91 Å². The number of H-pyrrole nitrogens is 1. The molecule has 1 amide bonds. The fraction of sp³-hybridized carbons (Fsp3) is 0.350. The number of carbonyl (C=O) groups is 1. The Bertz CT molecular complexity index is 919. The first kappa shape index (κ1) is 16.7. The average Bonchev–Trinajstić information content (AvgIpc) is 3.10. The van der Waals surface area contributed by atoms with E-state index in [0.717, 1.165) is 31.7 Å². The Kier molecular flexibility index (Phi) is 4.67. The number of carbonyl (C=O) groups excluding carboxylic acids is 1. The van der Waals surface area contributed by atoms with Crippen molar-refractivity contribution in [2.75, 3.05) is 13.1 Å². The van der Waals surface area contributed by atoms with Gasteiger partial charge in [0.2, 0.25) is 0 Å². The van der Waals surface area contributed by atoms with Gasteiger partial charge in [-0.15, -0.1) is 0 Å². The molecule has 2 aromatic heterocycles. The van der Waals surface area contributed by atoms with E-state index in [1.165, 1.54) is 35.6 Å². The first-order valence-electron chi connectivity index (χ1n) is 9.06. The molecule has 1 saturated heterocycles. The Labute approximate surface area is 152 Å². The second kappa shape index (κ2) is 7.25. The minimum atomic E-state index is -0.501. The van der Waals surface area contributed by atoms with Gasteiger partial charge in [0.15, 0.2) is 0 Å². The number of benzene rings is 1. The van der Waals surface area contributed by atoms with E-state index in [0.29, 0.717) is 11.6 Å². The third kappa shape index (κ3) is 3.75. The molecule has 0 radical (unpaired) electrons. The maximum absolute atomic E-state index is 11.3. The lowest BCUT2D eigenvalue weighted by Crippen LogP contribution is -2.35. The zero-order valence-corrected chi connectivity index (χ0v) is 14.7. The van der Waals surface area contributed by atoms with Crippen LogP contribution in [0.2, 0.25) is 0 Å². The molecule has 1 aliphatic rings. The van der Waals surface area contributed by atoms with E-state index in [2.05, 4.69) is 44.1 Å². The van der Waals surface area contributed by atoms with Gasteiger partial charge >= 0.3 is 0 Å². The lowest BCUT2D eigenvalue weighted by molar-refractivity contribution is 0.0995. The van der Waals surface area contributed by atoms with Gasteiger partial charge in [-0.2, -0.15) is 0 Å². The number of hydrogen-bond donors (Lipinski definition) is 2. The van der Waals surface area contributed by atoms with Crippen LogP contribution in [0.25, 0.3) is 10.9 Å². The minimum absolute atomic E-state index is 0.293. The molecule has 0 bridgehead atoms. The molecular formula is C20H23N5O. The summed E-state index contributed by atoms with van der Waals surface area (Å²) >= 11 is 0. The second-order valence-corrected chi connectivity index (χ2v) is 7.11. The molecule has 6 heteroatoms. The van der Waals surface area contributed by atoms with Crippen LogP contribution in [0.5, 0.6) is 0 Å². The third-order valence-electron chi connectivity index (χ3n) is 5.10. The molecule has 1 aromatic carbocycles. The number of aromatic amines is 1. The number of likely N-dealkylation sites (tertiary alicyclic amines) is 1. The van der Waals surface area contributed by atoms with Crippen LogP contribution in [0.15, 0.2) is 42.9 Å². The van der Waals surface area contributed by atoms with Crippen LogP contribution in [-0.4, -0.2) is 38.8 Å². The summed E-state index contributed by atoms with van der Waals surface area (Å²) in [6.45, 7) is 3.12. The number of rotatable bonds is 5. The van der Waals surface area contributed by atoms with Crippen molar-refractivity contribution in [3.63, 3.8) is 0 Å². The highest BCUT2D eigenvalue weighted by atomic mass is 16.1. The highest BCUT2D eigenvalue weighted by Gasteiger charge is 2.21. The molecule has 0 aliphatic carbocycles. The molecule has 134 valence electrons. The first-order chi connectivity index (χ1) is 12.7. The number of aromatic nitrogens is 3. The largest absolute Gasteiger partial charge is 0.364 e. The molecule has 26 heavy (non-hydrogen) atoms. The van der Waals surface area contributed by atoms with E-state index in [1.54, 1.807) is 6.07 Å². The summed E-state index contributed by atoms with van der Waals surface area (Å²) in [5, 5.41) is 1.25. The van der Waals surface area contributed by atoms with Gasteiger partial charge in [-0.05, 0) is 60.9 Å². The quantitative estimate of drug-likeness (QED) is 0.741. The maximum atomic E-state index is 11.3. The van der Waals surface area contributed by atoms with Crippen LogP contribution in [0.3, 0.4) is 0 Å². The number of nitrogens with one attached hydrogen (secondary N) is 1. The van der Waals surface area contributed by atoms with E-state index in [9.17, 15) is 4.79 Å². The van der Waals surface area contributed by atoms with Crippen LogP contribution >= 0.6 is 0 Å². The molecule has 0 saturated carbocycles. The van der Waals surface area contributed by atoms with Crippen LogP contribution < -0.4 is 5.73 Å². The Morgan fingerprint density at radius 2 is 2.19 bits per heavy atom. The van der Waals surface area contributed by atoms with Crippen molar-refractivity contribution in [1.29, 1.82) is 0 Å². The van der Waals surface area contributed by atoms with Crippen molar-refractivity contribution < 1.29 is 4.79 Å². The summed E-state index contributed by atoms with van der Waals surface area (Å²) in [5.74, 6) is 0.0345. The number of amides is 1. The standard InChI is InChI=1S/C20H23N5O/c21-20(26)19-10-17(23-13-24-19)8-14-2-1-7-25(11-14)12-15-3-4-16-5-6-22-18(16)9-15/h3-6,9-10,13-14,22H,1-2,7-8,11-12H2,(H2,21,26). The van der Waals surface area contributed by atoms with Crippen molar-refractivity contribution in [2.45, 2.75) is 25.8 Å². The smallest absolute Gasteiger partial charge is 0.267 e. The summed E-state index contributed by atoms with van der Waals surface area (Å²) in [4.78, 5) is 25.3. The summed E-state index contributed by atoms with van der Waals surface area (Å²) < 4.78 is 0. The van der Waals surface area contributed by atoms with E-state index < -0.39 is 5.91 Å². The second-order valence-electron chi connectivity index (χ2n) is 7.11. The fourth-order valence-electron chi connectivity index (χ4n) is 3.85. The van der Waals surface area contributed by atoms with Gasteiger partial charge in [0.1, 0.15) is 12.0 Å². The van der Waals surface area contributed by atoms with Crippen molar-refractivity contribution in [3.05, 3.63) is 59.8 Å². The van der Waals surface area contributed by atoms with Crippen molar-refractivity contribution in [3.8, 4) is 0 Å². The Balaban J connectivity index is 1.40. The van der Waals surface area contributed by atoms with Gasteiger partial charge in [-0.3, -0.25) is 9.69 Å². The Morgan fingerprint density at radius 3 is 3.08 bits per heavy atom. The van der Waals surface area contributed by atoms with Crippen LogP contribution in [0, 0.1) is 5.92 Å². The predicted octanol–water partition coefficient (Wildman–Crippen LogP) is 2.51. The third-order valence-corrected chi connectivity index (χ3v) is 5.10. The first-order valence-corrected chi connectivity index (χ1v) is 9.06. The molecule has 4 rings (SSSR count). The predicted molar refractivity (Wildman–Crippen MR) is 101 cm³/mol. The summed E-state index contributed by atoms with van der Waals surface area (Å²) in [6, 6.07) is 10.4. The molecular weight excluding hydrogens is 326 g/mol. The highest BCUT2D eigenvalue weighted by Crippen LogP contribution is 2.23. The summed E-state index contributed by atoms with van der Waals surface area (Å²) in [7, 11) is 0. The molecule has 6 nitrogen and oxygen atoms in total. The van der Waals surface area contributed by atoms with Gasteiger partial charge in [-0.25, -0.2) is 9.97 Å².